The van der Waals surface area contributed by atoms with Gasteiger partial charge in [-0.05, 0) is 30.7 Å². The molecule has 2 aromatic rings. The number of benzene rings is 1. The standard InChI is InChI=1S/C13H14N4O/c1-9-7-12(15-8-11(9)14)17-13(18)16-10-5-3-2-4-6-10/h2-8H,14H2,1H3,(H2,15,16,17,18). The summed E-state index contributed by atoms with van der Waals surface area (Å²) in [5.74, 6) is 0.468. The highest BCUT2D eigenvalue weighted by atomic mass is 16.2. The van der Waals surface area contributed by atoms with Gasteiger partial charge in [0.1, 0.15) is 5.82 Å². The molecule has 0 aliphatic heterocycles. The van der Waals surface area contributed by atoms with Gasteiger partial charge in [-0.25, -0.2) is 9.78 Å². The smallest absolute Gasteiger partial charge is 0.324 e. The van der Waals surface area contributed by atoms with Crippen LogP contribution < -0.4 is 16.4 Å². The van der Waals surface area contributed by atoms with Gasteiger partial charge in [0.15, 0.2) is 0 Å². The molecule has 0 aliphatic rings. The monoisotopic (exact) mass is 242 g/mol. The highest BCUT2D eigenvalue weighted by Crippen LogP contribution is 2.13. The van der Waals surface area contributed by atoms with Crippen molar-refractivity contribution in [2.24, 2.45) is 0 Å². The first-order chi connectivity index (χ1) is 8.65. The number of urea groups is 1. The van der Waals surface area contributed by atoms with Gasteiger partial charge in [0.25, 0.3) is 0 Å². The van der Waals surface area contributed by atoms with Gasteiger partial charge in [-0.15, -0.1) is 0 Å². The first-order valence-electron chi connectivity index (χ1n) is 5.50. The molecule has 18 heavy (non-hydrogen) atoms. The molecule has 0 saturated heterocycles. The van der Waals surface area contributed by atoms with Gasteiger partial charge in [-0.2, -0.15) is 0 Å². The van der Waals surface area contributed by atoms with E-state index in [1.165, 1.54) is 6.20 Å². The molecule has 0 aliphatic carbocycles. The maximum Gasteiger partial charge on any atom is 0.324 e. The second kappa shape index (κ2) is 5.18. The number of nitrogens with two attached hydrogens (primary N) is 1. The molecule has 0 atom stereocenters. The minimum atomic E-state index is -0.335. The van der Waals surface area contributed by atoms with Crippen molar-refractivity contribution >= 4 is 23.2 Å². The van der Waals surface area contributed by atoms with Crippen LogP contribution in [0.15, 0.2) is 42.6 Å². The van der Waals surface area contributed by atoms with Crippen LogP contribution in [0.5, 0.6) is 0 Å². The molecule has 0 radical (unpaired) electrons. The molecule has 0 spiro atoms. The lowest BCUT2D eigenvalue weighted by Gasteiger charge is -2.08. The number of hydrogen-bond donors (Lipinski definition) is 3. The van der Waals surface area contributed by atoms with E-state index in [-0.39, 0.29) is 6.03 Å². The summed E-state index contributed by atoms with van der Waals surface area (Å²) < 4.78 is 0. The van der Waals surface area contributed by atoms with Crippen LogP contribution >= 0.6 is 0 Å². The summed E-state index contributed by atoms with van der Waals surface area (Å²) >= 11 is 0. The van der Waals surface area contributed by atoms with Crippen molar-refractivity contribution in [2.75, 3.05) is 16.4 Å². The van der Waals surface area contributed by atoms with Gasteiger partial charge in [0, 0.05) is 5.69 Å². The Morgan fingerprint density at radius 3 is 2.61 bits per heavy atom. The number of anilines is 3. The third-order valence-electron chi connectivity index (χ3n) is 2.42. The number of aromatic nitrogens is 1. The van der Waals surface area contributed by atoms with Gasteiger partial charge < -0.3 is 11.1 Å². The number of nitrogens with zero attached hydrogens (tertiary/aromatic N) is 1. The number of carbonyl (C=O) groups excluding carboxylic acids is 1. The Hall–Kier alpha value is -2.56. The third-order valence-corrected chi connectivity index (χ3v) is 2.42. The molecule has 2 rings (SSSR count). The highest BCUT2D eigenvalue weighted by molar-refractivity contribution is 5.99. The fourth-order valence-electron chi connectivity index (χ4n) is 1.44. The SMILES string of the molecule is Cc1cc(NC(=O)Nc2ccccc2)ncc1N. The summed E-state index contributed by atoms with van der Waals surface area (Å²) in [5.41, 5.74) is 7.85. The molecular weight excluding hydrogens is 228 g/mol. The highest BCUT2D eigenvalue weighted by Gasteiger charge is 2.04. The average molecular weight is 242 g/mol. The van der Waals surface area contributed by atoms with Crippen LogP contribution in [0.3, 0.4) is 0 Å². The number of carbonyl (C=O) groups is 1. The van der Waals surface area contributed by atoms with E-state index in [9.17, 15) is 4.79 Å². The maximum absolute atomic E-state index is 11.7. The number of hydrogen-bond acceptors (Lipinski definition) is 3. The van der Waals surface area contributed by atoms with Gasteiger partial charge in [-0.3, -0.25) is 5.32 Å². The van der Waals surface area contributed by atoms with Crippen LogP contribution in [0, 0.1) is 6.92 Å². The predicted molar refractivity (Wildman–Crippen MR) is 72.5 cm³/mol. The maximum atomic E-state index is 11.7. The molecule has 1 aromatic heterocycles. The van der Waals surface area contributed by atoms with E-state index in [0.29, 0.717) is 11.5 Å². The molecule has 1 aromatic carbocycles. The van der Waals surface area contributed by atoms with Gasteiger partial charge in [0.05, 0.1) is 11.9 Å². The second-order valence-corrected chi connectivity index (χ2v) is 3.87. The summed E-state index contributed by atoms with van der Waals surface area (Å²) in [7, 11) is 0. The molecule has 4 N–H and O–H groups in total. The lowest BCUT2D eigenvalue weighted by molar-refractivity contribution is 0.262. The van der Waals surface area contributed by atoms with Crippen LogP contribution in [0.2, 0.25) is 0 Å². The Morgan fingerprint density at radius 1 is 1.22 bits per heavy atom. The Labute approximate surface area is 105 Å². The number of pyridine rings is 1. The van der Waals surface area contributed by atoms with E-state index in [1.54, 1.807) is 18.2 Å². The first kappa shape index (κ1) is 11.9. The molecule has 0 fully saturated rings. The zero-order chi connectivity index (χ0) is 13.0. The van der Waals surface area contributed by atoms with Gasteiger partial charge in [0.2, 0.25) is 0 Å². The molecule has 0 saturated carbocycles. The minimum Gasteiger partial charge on any atom is -0.397 e. The molecule has 5 heteroatoms. The summed E-state index contributed by atoms with van der Waals surface area (Å²) in [6, 6.07) is 10.6. The molecule has 92 valence electrons. The van der Waals surface area contributed by atoms with Crippen LogP contribution in [-0.4, -0.2) is 11.0 Å². The quantitative estimate of drug-likeness (QED) is 0.757. The van der Waals surface area contributed by atoms with Crippen molar-refractivity contribution in [2.45, 2.75) is 6.92 Å². The van der Waals surface area contributed by atoms with Crippen LogP contribution in [0.1, 0.15) is 5.56 Å². The first-order valence-corrected chi connectivity index (χ1v) is 5.50. The van der Waals surface area contributed by atoms with Crippen LogP contribution in [0.25, 0.3) is 0 Å². The zero-order valence-corrected chi connectivity index (χ0v) is 9.97. The van der Waals surface area contributed by atoms with Gasteiger partial charge >= 0.3 is 6.03 Å². The van der Waals surface area contributed by atoms with Crippen LogP contribution in [-0.2, 0) is 0 Å². The Kier molecular flexibility index (Phi) is 3.43. The van der Waals surface area contributed by atoms with Crippen LogP contribution in [0.4, 0.5) is 22.0 Å². The Morgan fingerprint density at radius 2 is 1.94 bits per heavy atom. The lowest BCUT2D eigenvalue weighted by Crippen LogP contribution is -2.20. The molecule has 0 unspecified atom stereocenters. The van der Waals surface area contributed by atoms with E-state index in [0.717, 1.165) is 11.3 Å². The Bertz CT molecular complexity index is 554. The molecular formula is C13H14N4O. The zero-order valence-electron chi connectivity index (χ0n) is 9.97. The normalized spacial score (nSPS) is 9.83. The summed E-state index contributed by atoms with van der Waals surface area (Å²) in [4.78, 5) is 15.7. The number of nitrogen functional groups attached to an aromatic ring is 1. The number of nitrogens with one attached hydrogen (secondary N) is 2. The fraction of sp³-hybridized carbons (Fsp3) is 0.0769. The number of para-hydroxylation sites is 1. The van der Waals surface area contributed by atoms with Crippen molar-refractivity contribution in [1.82, 2.24) is 4.98 Å². The van der Waals surface area contributed by atoms with E-state index in [2.05, 4.69) is 15.6 Å². The fourth-order valence-corrected chi connectivity index (χ4v) is 1.44. The van der Waals surface area contributed by atoms with E-state index in [4.69, 9.17) is 5.73 Å². The lowest BCUT2D eigenvalue weighted by atomic mass is 10.2. The van der Waals surface area contributed by atoms with Gasteiger partial charge in [-0.1, -0.05) is 18.2 Å². The molecule has 1 heterocycles. The van der Waals surface area contributed by atoms with E-state index in [1.807, 2.05) is 25.1 Å². The molecule has 2 amide bonds. The summed E-state index contributed by atoms with van der Waals surface area (Å²) in [6.45, 7) is 1.86. The van der Waals surface area contributed by atoms with Crippen molar-refractivity contribution in [3.63, 3.8) is 0 Å². The van der Waals surface area contributed by atoms with Crippen molar-refractivity contribution in [3.8, 4) is 0 Å². The predicted octanol–water partition coefficient (Wildman–Crippen LogP) is 2.62. The number of rotatable bonds is 2. The minimum absolute atomic E-state index is 0.335. The topological polar surface area (TPSA) is 80.0 Å². The third kappa shape index (κ3) is 2.98. The average Bonchev–Trinajstić information content (AvgIpc) is 2.35. The molecule has 0 bridgehead atoms. The van der Waals surface area contributed by atoms with E-state index >= 15 is 0 Å². The van der Waals surface area contributed by atoms with Crippen molar-refractivity contribution in [1.29, 1.82) is 0 Å². The summed E-state index contributed by atoms with van der Waals surface area (Å²) in [6.07, 6.45) is 1.52. The van der Waals surface area contributed by atoms with Crippen molar-refractivity contribution in [3.05, 3.63) is 48.2 Å². The van der Waals surface area contributed by atoms with Crippen molar-refractivity contribution < 1.29 is 4.79 Å². The second-order valence-electron chi connectivity index (χ2n) is 3.87. The molecule has 5 nitrogen and oxygen atoms in total. The summed E-state index contributed by atoms with van der Waals surface area (Å²) in [5, 5.41) is 5.34. The largest absolute Gasteiger partial charge is 0.397 e. The van der Waals surface area contributed by atoms with E-state index < -0.39 is 0 Å². The number of amides is 2. The Balaban J connectivity index is 2.01. The number of aryl methyl sites for hydroxylation is 1.